The van der Waals surface area contributed by atoms with Crippen molar-refractivity contribution in [2.24, 2.45) is 5.10 Å². The Morgan fingerprint density at radius 3 is 2.60 bits per heavy atom. The molecule has 0 radical (unpaired) electrons. The number of carboxylic acid groups (broad SMARTS) is 1. The van der Waals surface area contributed by atoms with Gasteiger partial charge in [-0.2, -0.15) is 5.10 Å². The van der Waals surface area contributed by atoms with Crippen molar-refractivity contribution in [3.63, 3.8) is 0 Å². The van der Waals surface area contributed by atoms with E-state index in [9.17, 15) is 4.79 Å². The molecule has 7 heteroatoms. The van der Waals surface area contributed by atoms with Gasteiger partial charge in [0.25, 0.3) is 0 Å². The fourth-order valence-corrected chi connectivity index (χ4v) is 1.53. The number of hydrogen-bond donors (Lipinski definition) is 3. The van der Waals surface area contributed by atoms with Gasteiger partial charge in [-0.25, -0.2) is 4.79 Å². The number of nitrogens with one attached hydrogen (secondary N) is 2. The molecule has 0 aliphatic heterocycles. The minimum absolute atomic E-state index is 0.356. The maximum atomic E-state index is 10.4. The Kier molecular flexibility index (Phi) is 6.45. The maximum Gasteiger partial charge on any atom is 0.341 e. The summed E-state index contributed by atoms with van der Waals surface area (Å²) in [5.74, 6) is -0.506. The fourth-order valence-electron chi connectivity index (χ4n) is 1.34. The molecule has 0 unspecified atom stereocenters. The number of hydrogen-bond acceptors (Lipinski definition) is 4. The van der Waals surface area contributed by atoms with E-state index in [1.807, 2.05) is 13.8 Å². The van der Waals surface area contributed by atoms with Gasteiger partial charge in [0.2, 0.25) is 0 Å². The average molecular weight is 295 g/mol. The van der Waals surface area contributed by atoms with Crippen molar-refractivity contribution < 1.29 is 14.6 Å². The molecule has 0 heterocycles. The quantitative estimate of drug-likeness (QED) is 0.417. The normalized spacial score (nSPS) is 10.8. The van der Waals surface area contributed by atoms with Crippen LogP contribution in [0.5, 0.6) is 5.75 Å². The standard InChI is InChI=1S/C13H17N3O3S/c1-3-14-13(20)16-15-9(2)10-4-6-11(7-5-10)19-8-12(17)18/h4-7H,3,8H2,1-2H3,(H,17,18)(H2,14,16,20)/b15-9-. The van der Waals surface area contributed by atoms with Crippen molar-refractivity contribution in [3.8, 4) is 5.75 Å². The van der Waals surface area contributed by atoms with Gasteiger partial charge in [-0.3, -0.25) is 5.43 Å². The monoisotopic (exact) mass is 295 g/mol. The summed E-state index contributed by atoms with van der Waals surface area (Å²) in [5, 5.41) is 16.1. The van der Waals surface area contributed by atoms with E-state index in [0.717, 1.165) is 17.8 Å². The predicted molar refractivity (Wildman–Crippen MR) is 81.2 cm³/mol. The van der Waals surface area contributed by atoms with E-state index in [4.69, 9.17) is 22.1 Å². The molecule has 0 aromatic heterocycles. The van der Waals surface area contributed by atoms with Gasteiger partial charge in [-0.05, 0) is 55.9 Å². The lowest BCUT2D eigenvalue weighted by Crippen LogP contribution is -2.32. The number of benzene rings is 1. The van der Waals surface area contributed by atoms with E-state index in [2.05, 4.69) is 15.8 Å². The van der Waals surface area contributed by atoms with Crippen molar-refractivity contribution >= 4 is 29.0 Å². The second-order valence-corrected chi connectivity index (χ2v) is 4.28. The van der Waals surface area contributed by atoms with Crippen LogP contribution in [0.25, 0.3) is 0 Å². The van der Waals surface area contributed by atoms with E-state index in [-0.39, 0.29) is 6.61 Å². The van der Waals surface area contributed by atoms with Crippen LogP contribution in [0.1, 0.15) is 19.4 Å². The number of nitrogens with zero attached hydrogens (tertiary/aromatic N) is 1. The zero-order valence-electron chi connectivity index (χ0n) is 11.3. The molecule has 1 rings (SSSR count). The van der Waals surface area contributed by atoms with Crippen molar-refractivity contribution in [1.82, 2.24) is 10.7 Å². The Morgan fingerprint density at radius 2 is 2.05 bits per heavy atom. The molecule has 0 saturated heterocycles. The largest absolute Gasteiger partial charge is 0.482 e. The molecular weight excluding hydrogens is 278 g/mol. The van der Waals surface area contributed by atoms with Gasteiger partial charge in [-0.1, -0.05) is 0 Å². The highest BCUT2D eigenvalue weighted by atomic mass is 32.1. The first-order chi connectivity index (χ1) is 9.52. The molecule has 0 spiro atoms. The van der Waals surface area contributed by atoms with Gasteiger partial charge >= 0.3 is 5.97 Å². The Morgan fingerprint density at radius 1 is 1.40 bits per heavy atom. The van der Waals surface area contributed by atoms with Crippen LogP contribution in [-0.4, -0.2) is 35.1 Å². The minimum Gasteiger partial charge on any atom is -0.482 e. The molecule has 0 fully saturated rings. The number of ether oxygens (including phenoxy) is 1. The highest BCUT2D eigenvalue weighted by Crippen LogP contribution is 2.12. The first-order valence-corrected chi connectivity index (χ1v) is 6.47. The Labute approximate surface area is 122 Å². The lowest BCUT2D eigenvalue weighted by Gasteiger charge is -2.07. The Balaban J connectivity index is 2.60. The summed E-state index contributed by atoms with van der Waals surface area (Å²) >= 11 is 5.00. The first kappa shape index (κ1) is 15.9. The number of aliphatic carboxylic acids is 1. The van der Waals surface area contributed by atoms with Gasteiger partial charge in [0.05, 0.1) is 5.71 Å². The third kappa shape index (κ3) is 5.66. The highest BCUT2D eigenvalue weighted by Gasteiger charge is 2.01. The Bertz CT molecular complexity index is 500. The zero-order chi connectivity index (χ0) is 15.0. The van der Waals surface area contributed by atoms with Gasteiger partial charge < -0.3 is 15.2 Å². The van der Waals surface area contributed by atoms with E-state index in [1.165, 1.54) is 0 Å². The number of rotatable bonds is 6. The summed E-state index contributed by atoms with van der Waals surface area (Å²) in [6.45, 7) is 4.16. The fraction of sp³-hybridized carbons (Fsp3) is 0.308. The van der Waals surface area contributed by atoms with Crippen LogP contribution < -0.4 is 15.5 Å². The van der Waals surface area contributed by atoms with Gasteiger partial charge in [0.1, 0.15) is 5.75 Å². The van der Waals surface area contributed by atoms with Crippen molar-refractivity contribution in [1.29, 1.82) is 0 Å². The summed E-state index contributed by atoms with van der Waals surface area (Å²) in [7, 11) is 0. The number of hydrazone groups is 1. The molecule has 6 nitrogen and oxygen atoms in total. The molecule has 0 amide bonds. The van der Waals surface area contributed by atoms with Crippen LogP contribution in [0.4, 0.5) is 0 Å². The summed E-state index contributed by atoms with van der Waals surface area (Å²) in [6.07, 6.45) is 0. The lowest BCUT2D eigenvalue weighted by molar-refractivity contribution is -0.139. The molecule has 0 atom stereocenters. The maximum absolute atomic E-state index is 10.4. The molecule has 0 aliphatic rings. The average Bonchev–Trinajstić information content (AvgIpc) is 2.43. The van der Waals surface area contributed by atoms with E-state index in [1.54, 1.807) is 24.3 Å². The molecular formula is C13H17N3O3S. The summed E-state index contributed by atoms with van der Waals surface area (Å²) in [5.41, 5.74) is 4.38. The molecule has 0 bridgehead atoms. The van der Waals surface area contributed by atoms with Crippen LogP contribution in [0.15, 0.2) is 29.4 Å². The molecule has 3 N–H and O–H groups in total. The molecule has 108 valence electrons. The van der Waals surface area contributed by atoms with Gasteiger partial charge in [0.15, 0.2) is 11.7 Å². The number of carboxylic acids is 1. The molecule has 1 aromatic rings. The first-order valence-electron chi connectivity index (χ1n) is 6.06. The second-order valence-electron chi connectivity index (χ2n) is 3.88. The molecule has 0 saturated carbocycles. The van der Waals surface area contributed by atoms with E-state index in [0.29, 0.717) is 10.9 Å². The summed E-state index contributed by atoms with van der Waals surface area (Å²) < 4.78 is 5.05. The van der Waals surface area contributed by atoms with Crippen molar-refractivity contribution in [2.45, 2.75) is 13.8 Å². The molecule has 20 heavy (non-hydrogen) atoms. The topological polar surface area (TPSA) is 83.0 Å². The zero-order valence-corrected chi connectivity index (χ0v) is 12.2. The number of carbonyl (C=O) groups is 1. The second kappa shape index (κ2) is 8.11. The van der Waals surface area contributed by atoms with Crippen molar-refractivity contribution in [3.05, 3.63) is 29.8 Å². The molecule has 1 aromatic carbocycles. The van der Waals surface area contributed by atoms with Crippen LogP contribution in [0, 0.1) is 0 Å². The SMILES string of the molecule is CCNC(=S)N/N=C(/C)c1ccc(OCC(=O)O)cc1. The van der Waals surface area contributed by atoms with Crippen LogP contribution in [0.3, 0.4) is 0 Å². The predicted octanol–water partition coefficient (Wildman–Crippen LogP) is 1.36. The van der Waals surface area contributed by atoms with E-state index >= 15 is 0 Å². The van der Waals surface area contributed by atoms with Crippen molar-refractivity contribution in [2.75, 3.05) is 13.2 Å². The lowest BCUT2D eigenvalue weighted by atomic mass is 10.1. The van der Waals surface area contributed by atoms with Crippen LogP contribution in [0.2, 0.25) is 0 Å². The summed E-state index contributed by atoms with van der Waals surface area (Å²) in [4.78, 5) is 10.4. The van der Waals surface area contributed by atoms with Crippen LogP contribution in [-0.2, 0) is 4.79 Å². The van der Waals surface area contributed by atoms with Gasteiger partial charge in [0, 0.05) is 6.54 Å². The third-order valence-electron chi connectivity index (χ3n) is 2.30. The minimum atomic E-state index is -1.01. The van der Waals surface area contributed by atoms with E-state index < -0.39 is 5.97 Å². The van der Waals surface area contributed by atoms with Crippen LogP contribution >= 0.6 is 12.2 Å². The smallest absolute Gasteiger partial charge is 0.341 e. The van der Waals surface area contributed by atoms with Gasteiger partial charge in [-0.15, -0.1) is 0 Å². The molecule has 0 aliphatic carbocycles. The highest BCUT2D eigenvalue weighted by molar-refractivity contribution is 7.80. The Hall–Kier alpha value is -2.15. The summed E-state index contributed by atoms with van der Waals surface area (Å²) in [6, 6.07) is 6.99. The number of thiocarbonyl (C=S) groups is 1. The third-order valence-corrected chi connectivity index (χ3v) is 2.53.